The number of Topliss-reactive ketones (excluding diaryl/α,β-unsaturated/α-hetero) is 6. The van der Waals surface area contributed by atoms with E-state index < -0.39 is 154 Å². The van der Waals surface area contributed by atoms with Gasteiger partial charge < -0.3 is 62.6 Å². The molecule has 2 unspecified atom stereocenters. The standard InChI is InChI=1S/C84H122N2O22/c1-16-85(17-2)46-57-71-75(94)74(93)70-58-35-37-66(89)82(58,10)45-65(72(70)83(71,11)67(47-100-12)106-80(57)97)104-68(90)30-23-18-19-24-31-69(91)107-76-53(8)40-50(5)61(88)44-63(51(6)41-55-33-36-60(87)64(42-55)102-14)105-81(98)59-29-25-26-38-86(59)79(96)78(95)84(99)54(9)32-34-56(108-84)43-62(101-13)49(4)28-22-20-21-27-48(3)39-52(7)73(92)77(76)103-15/h20-22,27-28,40,48,50-52,54-57,59-60,62-64,67,71,76-77,87,99H,16-19,23-26,29-39,41-47H2,1-15H3/t48-,50-,51-,52-,54-,55+,56+,57?,59+,60-,62+,63+,64-,67-,71?,76-,77+,82+,83+,84-/m1/s1. The summed E-state index contributed by atoms with van der Waals surface area (Å²) in [7, 11) is 5.90. The van der Waals surface area contributed by atoms with Crippen molar-refractivity contribution in [2.45, 2.75) is 272 Å². The topological polar surface area (TPSA) is 318 Å². The summed E-state index contributed by atoms with van der Waals surface area (Å²) in [5, 5.41) is 22.9. The predicted octanol–water partition coefficient (Wildman–Crippen LogP) is 10.2. The van der Waals surface area contributed by atoms with Gasteiger partial charge in [-0.1, -0.05) is 105 Å². The lowest BCUT2D eigenvalue weighted by Gasteiger charge is -2.54. The quantitative estimate of drug-likeness (QED) is 0.0355. The number of ether oxygens (including phenoxy) is 9. The van der Waals surface area contributed by atoms with E-state index in [2.05, 4.69) is 0 Å². The molecule has 4 aliphatic carbocycles. The fourth-order valence-corrected chi connectivity index (χ4v) is 18.1. The molecule has 4 aliphatic heterocycles. The molecule has 108 heavy (non-hydrogen) atoms. The molecule has 2 bridgehead atoms. The van der Waals surface area contributed by atoms with E-state index in [-0.39, 0.29) is 112 Å². The van der Waals surface area contributed by atoms with Gasteiger partial charge >= 0.3 is 23.9 Å². The highest BCUT2D eigenvalue weighted by molar-refractivity contribution is 6.47. The molecule has 2 N–H and O–H groups in total. The van der Waals surface area contributed by atoms with Crippen LogP contribution in [0.15, 0.2) is 70.1 Å². The molecule has 24 heteroatoms. The molecule has 20 atom stereocenters. The van der Waals surface area contributed by atoms with Gasteiger partial charge in [0, 0.05) is 114 Å². The van der Waals surface area contributed by atoms with E-state index >= 15 is 0 Å². The summed E-state index contributed by atoms with van der Waals surface area (Å²) in [5.74, 6) is -14.9. The Morgan fingerprint density at radius 3 is 2.14 bits per heavy atom. The van der Waals surface area contributed by atoms with Gasteiger partial charge in [0.15, 0.2) is 18.0 Å². The van der Waals surface area contributed by atoms with Gasteiger partial charge in [0.2, 0.25) is 17.4 Å². The number of aliphatic hydroxyl groups is 2. The maximum Gasteiger partial charge on any atom is 0.329 e. The molecule has 4 heterocycles. The first-order valence-electron chi connectivity index (χ1n) is 39.7. The van der Waals surface area contributed by atoms with Crippen LogP contribution in [0.5, 0.6) is 0 Å². The molecule has 8 rings (SSSR count). The summed E-state index contributed by atoms with van der Waals surface area (Å²) in [6.07, 6.45) is 10.3. The highest BCUT2D eigenvalue weighted by Crippen LogP contribution is 2.62. The van der Waals surface area contributed by atoms with Crippen molar-refractivity contribution in [3.8, 4) is 0 Å². The smallest absolute Gasteiger partial charge is 0.329 e. The van der Waals surface area contributed by atoms with Crippen LogP contribution in [0, 0.1) is 58.2 Å². The van der Waals surface area contributed by atoms with E-state index in [4.69, 9.17) is 42.6 Å². The first-order chi connectivity index (χ1) is 51.3. The summed E-state index contributed by atoms with van der Waals surface area (Å²) in [4.78, 5) is 162. The number of allylic oxidation sites excluding steroid dienone is 9. The lowest BCUT2D eigenvalue weighted by molar-refractivity contribution is -0.265. The lowest BCUT2D eigenvalue weighted by Crippen LogP contribution is -2.64. The van der Waals surface area contributed by atoms with Gasteiger partial charge in [0.25, 0.3) is 11.7 Å². The summed E-state index contributed by atoms with van der Waals surface area (Å²) >= 11 is 0. The van der Waals surface area contributed by atoms with Gasteiger partial charge in [-0.25, -0.2) is 4.79 Å². The number of piperidine rings is 1. The number of aliphatic hydroxyl groups excluding tert-OH is 1. The Bertz CT molecular complexity index is 3510. The average Bonchev–Trinajstić information content (AvgIpc) is 1.16. The van der Waals surface area contributed by atoms with Gasteiger partial charge in [-0.3, -0.25) is 47.9 Å². The molecule has 0 aromatic heterocycles. The number of fused-ring (bicyclic) bond motifs is 7. The predicted molar refractivity (Wildman–Crippen MR) is 398 cm³/mol. The molecule has 0 aromatic rings. The minimum atomic E-state index is -2.50. The molecular formula is C84H122N2O22. The van der Waals surface area contributed by atoms with Crippen LogP contribution in [-0.4, -0.2) is 206 Å². The van der Waals surface area contributed by atoms with E-state index in [1.165, 1.54) is 14.2 Å². The van der Waals surface area contributed by atoms with E-state index in [1.54, 1.807) is 61.8 Å². The minimum absolute atomic E-state index is 0.0225. The van der Waals surface area contributed by atoms with Crippen LogP contribution in [0.25, 0.3) is 0 Å². The van der Waals surface area contributed by atoms with Crippen LogP contribution >= 0.6 is 0 Å². The first-order valence-corrected chi connectivity index (χ1v) is 39.7. The summed E-state index contributed by atoms with van der Waals surface area (Å²) in [6, 6.07) is -1.23. The number of esters is 4. The number of carbonyl (C=O) groups is 11. The van der Waals surface area contributed by atoms with Crippen LogP contribution in [0.2, 0.25) is 0 Å². The Balaban J connectivity index is 1.02. The number of cyclic esters (lactones) is 2. The second-order valence-electron chi connectivity index (χ2n) is 32.5. The van der Waals surface area contributed by atoms with Crippen LogP contribution in [0.3, 0.4) is 0 Å². The molecule has 1 amide bonds. The van der Waals surface area contributed by atoms with Gasteiger partial charge in [-0.05, 0) is 152 Å². The number of unbranched alkanes of at least 4 members (excludes halogenated alkanes) is 3. The molecule has 0 spiro atoms. The second kappa shape index (κ2) is 38.6. The number of hydrogen-bond donors (Lipinski definition) is 2. The molecule has 6 fully saturated rings. The largest absolute Gasteiger partial charge is 0.460 e. The Morgan fingerprint density at radius 2 is 1.47 bits per heavy atom. The van der Waals surface area contributed by atoms with Gasteiger partial charge in [-0.2, -0.15) is 0 Å². The molecule has 0 aromatic carbocycles. The highest BCUT2D eigenvalue weighted by Gasteiger charge is 2.67. The molecule has 0 radical (unpaired) electrons. The third kappa shape index (κ3) is 19.7. The highest BCUT2D eigenvalue weighted by atomic mass is 16.6. The van der Waals surface area contributed by atoms with Crippen molar-refractivity contribution in [2.75, 3.05) is 61.2 Å². The zero-order valence-corrected chi connectivity index (χ0v) is 66.6. The number of nitrogens with zero attached hydrogens (tertiary/aromatic N) is 2. The average molecular weight is 1510 g/mol. The maximum atomic E-state index is 14.9. The summed E-state index contributed by atoms with van der Waals surface area (Å²) < 4.78 is 54.5. The van der Waals surface area contributed by atoms with Crippen molar-refractivity contribution in [1.82, 2.24) is 9.80 Å². The van der Waals surface area contributed by atoms with Crippen molar-refractivity contribution in [2.24, 2.45) is 58.2 Å². The monoisotopic (exact) mass is 1510 g/mol. The first kappa shape index (κ1) is 87.1. The van der Waals surface area contributed by atoms with Crippen LogP contribution in [0.1, 0.15) is 211 Å². The zero-order valence-electron chi connectivity index (χ0n) is 66.6. The zero-order chi connectivity index (χ0) is 79.3. The molecule has 3 saturated heterocycles. The van der Waals surface area contributed by atoms with E-state index in [9.17, 15) is 63.0 Å². The number of ketones is 6. The maximum absolute atomic E-state index is 14.9. The SMILES string of the molecule is CCN(CC)CC1C(=O)O[C@H](COC)[C@]2(C)C3=C(OC(=O)CCCCCCC(=O)O[C@@H]4C(C)=C[C@@H](C)C(=O)C[C@@H]([C@H](C)C[C@@H]5CC[C@@H](O)[C@H](OC)C5)OC(=O)[C@@H]5CCCCN5C(=O)C(=O)[C@]5(O)O[C@@H](CC[C@H]5C)C[C@H](OC)C(C)=CC=CC=C[C@@H](C)C[C@@H](C)C(=O)[C@@H]4OC)C[C@]4(C)C(=O)CCC4=C3C(=O)C(=O)C12. The molecular weight excluding hydrogens is 1390 g/mol. The van der Waals surface area contributed by atoms with Gasteiger partial charge in [0.05, 0.1) is 48.3 Å². The van der Waals surface area contributed by atoms with Gasteiger partial charge in [-0.15, -0.1) is 0 Å². The van der Waals surface area contributed by atoms with Crippen LogP contribution < -0.4 is 0 Å². The Kier molecular flexibility index (Phi) is 31.1. The number of methoxy groups -OCH3 is 4. The van der Waals surface area contributed by atoms with Crippen molar-refractivity contribution >= 4 is 64.5 Å². The number of amides is 1. The number of carbonyl (C=O) groups excluding carboxylic acids is 11. The van der Waals surface area contributed by atoms with E-state index in [0.717, 1.165) is 10.5 Å². The Morgan fingerprint density at radius 1 is 0.769 bits per heavy atom. The minimum Gasteiger partial charge on any atom is -0.460 e. The number of hydrogen-bond acceptors (Lipinski definition) is 23. The summed E-state index contributed by atoms with van der Waals surface area (Å²) in [6.45, 7) is 21.0. The van der Waals surface area contributed by atoms with Crippen molar-refractivity contribution in [1.29, 1.82) is 0 Å². The second-order valence-corrected chi connectivity index (χ2v) is 32.5. The summed E-state index contributed by atoms with van der Waals surface area (Å²) in [5.41, 5.74) is -0.550. The van der Waals surface area contributed by atoms with Crippen LogP contribution in [0.4, 0.5) is 0 Å². The van der Waals surface area contributed by atoms with Crippen molar-refractivity contribution in [3.05, 3.63) is 70.1 Å². The molecule has 8 aliphatic rings. The third-order valence-electron chi connectivity index (χ3n) is 24.9. The Hall–Kier alpha value is -6.51. The van der Waals surface area contributed by atoms with Crippen molar-refractivity contribution < 1.29 is 106 Å². The third-order valence-corrected chi connectivity index (χ3v) is 24.9. The van der Waals surface area contributed by atoms with Crippen molar-refractivity contribution in [3.63, 3.8) is 0 Å². The van der Waals surface area contributed by atoms with Gasteiger partial charge in [0.1, 0.15) is 35.6 Å². The number of rotatable bonds is 21. The van der Waals surface area contributed by atoms with E-state index in [0.29, 0.717) is 113 Å². The molecule has 24 nitrogen and oxygen atoms in total. The van der Waals surface area contributed by atoms with Crippen LogP contribution in [-0.2, 0) is 95.4 Å². The molecule has 3 saturated carbocycles. The Labute approximate surface area is 638 Å². The van der Waals surface area contributed by atoms with E-state index in [1.807, 2.05) is 69.9 Å². The normalized spacial score (nSPS) is 35.0. The fourth-order valence-electron chi connectivity index (χ4n) is 18.1. The lowest BCUT2D eigenvalue weighted by atomic mass is 9.51. The fraction of sp³-hybridized carbons (Fsp3) is 0.726. The molecule has 600 valence electrons.